The second-order valence-electron chi connectivity index (χ2n) is 4.08. The van der Waals surface area contributed by atoms with Crippen molar-refractivity contribution in [2.75, 3.05) is 13.7 Å². The van der Waals surface area contributed by atoms with Gasteiger partial charge in [-0.1, -0.05) is 24.4 Å². The van der Waals surface area contributed by atoms with E-state index in [1.54, 1.807) is 30.3 Å². The summed E-state index contributed by atoms with van der Waals surface area (Å²) in [5, 5.41) is 8.45. The van der Waals surface area contributed by atoms with Gasteiger partial charge in [0.15, 0.2) is 0 Å². The normalized spacial score (nSPS) is 16.2. The van der Waals surface area contributed by atoms with Crippen molar-refractivity contribution < 1.29 is 14.3 Å². The van der Waals surface area contributed by atoms with E-state index < -0.39 is 5.97 Å². The molecule has 0 unspecified atom stereocenters. The lowest BCUT2D eigenvalue weighted by atomic mass is 10.1. The third kappa shape index (κ3) is 3.48. The minimum atomic E-state index is -0.522. The van der Waals surface area contributed by atoms with Crippen LogP contribution in [-0.2, 0) is 9.53 Å². The number of ether oxygens (including phenoxy) is 1. The predicted molar refractivity (Wildman–Crippen MR) is 83.4 cm³/mol. The van der Waals surface area contributed by atoms with Gasteiger partial charge in [-0.25, -0.2) is 0 Å². The number of carbonyl (C=O) groups excluding carboxylic acids is 2. The minimum absolute atomic E-state index is 0.189. The Morgan fingerprint density at radius 2 is 2.14 bits per heavy atom. The summed E-state index contributed by atoms with van der Waals surface area (Å²) in [7, 11) is 1.26. The van der Waals surface area contributed by atoms with E-state index in [0.717, 1.165) is 17.3 Å². The summed E-state index contributed by atoms with van der Waals surface area (Å²) in [5.41, 5.74) is 1.38. The molecule has 0 N–H and O–H groups in total. The van der Waals surface area contributed by atoms with Crippen LogP contribution in [0.2, 0.25) is 0 Å². The number of methoxy groups -OCH3 is 1. The number of carbonyl (C=O) groups is 2. The molecule has 0 saturated carbocycles. The maximum Gasteiger partial charge on any atom is 0.325 e. The number of rotatable bonds is 3. The van der Waals surface area contributed by atoms with Crippen LogP contribution >= 0.6 is 24.0 Å². The molecule has 0 radical (unpaired) electrons. The Bertz CT molecular complexity index is 674. The fourth-order valence-electron chi connectivity index (χ4n) is 1.64. The van der Waals surface area contributed by atoms with E-state index in [0.29, 0.717) is 15.5 Å². The van der Waals surface area contributed by atoms with E-state index in [-0.39, 0.29) is 11.8 Å². The van der Waals surface area contributed by atoms with E-state index in [4.69, 9.17) is 17.5 Å². The molecule has 1 heterocycles. The molecule has 106 valence electrons. The average molecular weight is 318 g/mol. The van der Waals surface area contributed by atoms with Gasteiger partial charge in [0.1, 0.15) is 11.5 Å². The molecule has 1 aliphatic heterocycles. The van der Waals surface area contributed by atoms with Gasteiger partial charge < -0.3 is 4.74 Å². The zero-order valence-electron chi connectivity index (χ0n) is 11.0. The van der Waals surface area contributed by atoms with Gasteiger partial charge in [0.05, 0.1) is 23.6 Å². The Morgan fingerprint density at radius 1 is 1.48 bits per heavy atom. The van der Waals surface area contributed by atoms with Crippen LogP contribution in [0.3, 0.4) is 0 Å². The Balaban J connectivity index is 2.19. The first-order chi connectivity index (χ1) is 10.0. The van der Waals surface area contributed by atoms with E-state index >= 15 is 0 Å². The van der Waals surface area contributed by atoms with Gasteiger partial charge in [-0.15, -0.1) is 0 Å². The molecule has 5 nitrogen and oxygen atoms in total. The number of amides is 1. The van der Waals surface area contributed by atoms with E-state index in [2.05, 4.69) is 4.74 Å². The molecule has 2 rings (SSSR count). The zero-order chi connectivity index (χ0) is 15.4. The topological polar surface area (TPSA) is 70.4 Å². The summed E-state index contributed by atoms with van der Waals surface area (Å²) < 4.78 is 4.54. The first kappa shape index (κ1) is 15.2. The number of thiocarbonyl (C=S) groups is 1. The highest BCUT2D eigenvalue weighted by atomic mass is 32.2. The number of nitrogens with zero attached hydrogens (tertiary/aromatic N) is 2. The van der Waals surface area contributed by atoms with Gasteiger partial charge in [0.25, 0.3) is 5.24 Å². The van der Waals surface area contributed by atoms with Crippen molar-refractivity contribution in [3.63, 3.8) is 0 Å². The lowest BCUT2D eigenvalue weighted by Gasteiger charge is -2.12. The van der Waals surface area contributed by atoms with E-state index in [1.807, 2.05) is 6.07 Å². The minimum Gasteiger partial charge on any atom is -0.468 e. The molecule has 21 heavy (non-hydrogen) atoms. The van der Waals surface area contributed by atoms with Crippen molar-refractivity contribution in [1.29, 1.82) is 5.26 Å². The maximum atomic E-state index is 11.8. The SMILES string of the molecule is COC(=O)CN1C(=O)SC(=Cc2ccc(C#N)cc2)C1=S. The van der Waals surface area contributed by atoms with Crippen molar-refractivity contribution in [2.45, 2.75) is 0 Å². The molecule has 0 atom stereocenters. The average Bonchev–Trinajstić information content (AvgIpc) is 2.75. The number of esters is 1. The number of thioether (sulfide) groups is 1. The smallest absolute Gasteiger partial charge is 0.325 e. The molecule has 1 amide bonds. The van der Waals surface area contributed by atoms with Crippen LogP contribution in [0.1, 0.15) is 11.1 Å². The van der Waals surface area contributed by atoms with Gasteiger partial charge in [0, 0.05) is 0 Å². The number of benzene rings is 1. The monoisotopic (exact) mass is 318 g/mol. The third-order valence-corrected chi connectivity index (χ3v) is 4.22. The van der Waals surface area contributed by atoms with Crippen molar-refractivity contribution >= 4 is 46.3 Å². The van der Waals surface area contributed by atoms with Crippen LogP contribution in [-0.4, -0.2) is 34.8 Å². The zero-order valence-corrected chi connectivity index (χ0v) is 12.7. The second kappa shape index (κ2) is 6.52. The predicted octanol–water partition coefficient (Wildman–Crippen LogP) is 2.57. The molecule has 1 aliphatic rings. The van der Waals surface area contributed by atoms with Crippen LogP contribution in [0.15, 0.2) is 29.2 Å². The lowest BCUT2D eigenvalue weighted by Crippen LogP contribution is -2.33. The van der Waals surface area contributed by atoms with Crippen molar-refractivity contribution in [1.82, 2.24) is 4.90 Å². The number of hydrogen-bond donors (Lipinski definition) is 0. The van der Waals surface area contributed by atoms with Gasteiger partial charge in [-0.2, -0.15) is 5.26 Å². The first-order valence-corrected chi connectivity index (χ1v) is 7.10. The Labute approximate surface area is 131 Å². The van der Waals surface area contributed by atoms with Gasteiger partial charge in [-0.05, 0) is 35.5 Å². The molecule has 1 saturated heterocycles. The molecule has 0 bridgehead atoms. The first-order valence-electron chi connectivity index (χ1n) is 5.87. The molecule has 1 aromatic rings. The van der Waals surface area contributed by atoms with Crippen LogP contribution in [0.4, 0.5) is 4.79 Å². The van der Waals surface area contributed by atoms with Crippen molar-refractivity contribution in [3.05, 3.63) is 40.3 Å². The molecule has 1 aromatic carbocycles. The Morgan fingerprint density at radius 3 is 2.71 bits per heavy atom. The van der Waals surface area contributed by atoms with Crippen LogP contribution in [0.5, 0.6) is 0 Å². The van der Waals surface area contributed by atoms with E-state index in [9.17, 15) is 9.59 Å². The van der Waals surface area contributed by atoms with Crippen molar-refractivity contribution in [3.8, 4) is 6.07 Å². The molecule has 1 fully saturated rings. The van der Waals surface area contributed by atoms with Gasteiger partial charge in [0.2, 0.25) is 0 Å². The highest BCUT2D eigenvalue weighted by molar-refractivity contribution is 8.19. The largest absolute Gasteiger partial charge is 0.468 e. The summed E-state index contributed by atoms with van der Waals surface area (Å²) in [4.78, 5) is 25.2. The van der Waals surface area contributed by atoms with Gasteiger partial charge >= 0.3 is 5.97 Å². The lowest BCUT2D eigenvalue weighted by molar-refractivity contribution is -0.140. The summed E-state index contributed by atoms with van der Waals surface area (Å²) in [5.74, 6) is -0.522. The Kier molecular flexibility index (Phi) is 4.73. The number of nitriles is 1. The van der Waals surface area contributed by atoms with Gasteiger partial charge in [-0.3, -0.25) is 14.5 Å². The van der Waals surface area contributed by atoms with Crippen LogP contribution in [0.25, 0.3) is 6.08 Å². The summed E-state index contributed by atoms with van der Waals surface area (Å²) >= 11 is 6.18. The molecule has 0 aromatic heterocycles. The van der Waals surface area contributed by atoms with Crippen LogP contribution < -0.4 is 0 Å². The quantitative estimate of drug-likeness (QED) is 0.484. The summed E-state index contributed by atoms with van der Waals surface area (Å²) in [6.45, 7) is -0.189. The van der Waals surface area contributed by atoms with Crippen LogP contribution in [0, 0.1) is 11.3 Å². The Hall–Kier alpha value is -2.17. The standard InChI is InChI=1S/C14H10N2O3S2/c1-19-12(17)8-16-13(20)11(21-14(16)18)6-9-2-4-10(7-15)5-3-9/h2-6H,8H2,1H3. The fourth-order valence-corrected chi connectivity index (χ4v) is 2.87. The number of hydrogen-bond acceptors (Lipinski definition) is 6. The van der Waals surface area contributed by atoms with Crippen molar-refractivity contribution in [2.24, 2.45) is 0 Å². The highest BCUT2D eigenvalue weighted by Gasteiger charge is 2.33. The second-order valence-corrected chi connectivity index (χ2v) is 5.46. The molecule has 7 heteroatoms. The summed E-state index contributed by atoms with van der Waals surface area (Å²) in [6.07, 6.45) is 1.75. The molecular formula is C14H10N2O3S2. The maximum absolute atomic E-state index is 11.8. The summed E-state index contributed by atoms with van der Waals surface area (Å²) in [6, 6.07) is 8.93. The highest BCUT2D eigenvalue weighted by Crippen LogP contribution is 2.33. The fraction of sp³-hybridized carbons (Fsp3) is 0.143. The third-order valence-electron chi connectivity index (χ3n) is 2.73. The molecule has 0 spiro atoms. The molecule has 0 aliphatic carbocycles. The van der Waals surface area contributed by atoms with E-state index in [1.165, 1.54) is 12.0 Å². The molecular weight excluding hydrogens is 308 g/mol.